The summed E-state index contributed by atoms with van der Waals surface area (Å²) in [6.45, 7) is 7.18. The molecule has 4 heterocycles. The summed E-state index contributed by atoms with van der Waals surface area (Å²) in [6, 6.07) is 2.30. The Kier molecular flexibility index (Phi) is 5.46. The van der Waals surface area contributed by atoms with E-state index in [0.29, 0.717) is 43.0 Å². The smallest absolute Gasteiger partial charge is 0.252 e. The molecule has 0 aromatic carbocycles. The number of carbonyl (C=O) groups is 2. The van der Waals surface area contributed by atoms with E-state index in [1.807, 2.05) is 24.7 Å². The number of hydrogen-bond donors (Lipinski definition) is 2. The van der Waals surface area contributed by atoms with Crippen molar-refractivity contribution in [2.75, 3.05) is 18.4 Å². The number of likely N-dealkylation sites (tertiary alicyclic amines) is 1. The van der Waals surface area contributed by atoms with Crippen LogP contribution in [0.5, 0.6) is 0 Å². The van der Waals surface area contributed by atoms with Gasteiger partial charge in [-0.3, -0.25) is 14.3 Å². The lowest BCUT2D eigenvalue weighted by atomic mass is 10.0. The molecule has 1 saturated heterocycles. The third-order valence-electron chi connectivity index (χ3n) is 7.14. The molecule has 5 rings (SSSR count). The summed E-state index contributed by atoms with van der Waals surface area (Å²) in [5, 5.41) is 21.7. The number of amides is 2. The third-order valence-corrected chi connectivity index (χ3v) is 7.14. The van der Waals surface area contributed by atoms with Crippen LogP contribution in [0.2, 0.25) is 0 Å². The predicted molar refractivity (Wildman–Crippen MR) is 128 cm³/mol. The maximum atomic E-state index is 13.0. The van der Waals surface area contributed by atoms with E-state index in [0.717, 1.165) is 12.0 Å². The van der Waals surface area contributed by atoms with Crippen molar-refractivity contribution in [3.8, 4) is 17.3 Å². The molecule has 2 fully saturated rings. The molecular weight excluding hydrogens is 446 g/mol. The Bertz CT molecular complexity index is 1340. The van der Waals surface area contributed by atoms with Gasteiger partial charge in [0.25, 0.3) is 5.91 Å². The quantitative estimate of drug-likeness (QED) is 0.532. The van der Waals surface area contributed by atoms with Gasteiger partial charge in [-0.25, -0.2) is 9.50 Å². The molecule has 11 heteroatoms. The van der Waals surface area contributed by atoms with E-state index in [9.17, 15) is 14.9 Å². The van der Waals surface area contributed by atoms with E-state index >= 15 is 0 Å². The normalized spacial score (nSPS) is 20.8. The Morgan fingerprint density at radius 1 is 1.26 bits per heavy atom. The second kappa shape index (κ2) is 8.37. The molecule has 3 aromatic rings. The van der Waals surface area contributed by atoms with Gasteiger partial charge in [0.1, 0.15) is 5.41 Å². The van der Waals surface area contributed by atoms with Crippen molar-refractivity contribution in [2.24, 2.45) is 17.1 Å². The van der Waals surface area contributed by atoms with Crippen molar-refractivity contribution >= 4 is 23.1 Å². The fourth-order valence-electron chi connectivity index (χ4n) is 4.76. The summed E-state index contributed by atoms with van der Waals surface area (Å²) in [4.78, 5) is 31.8. The van der Waals surface area contributed by atoms with Crippen LogP contribution in [0, 0.1) is 22.7 Å². The number of nitrogens with one attached hydrogen (secondary N) is 1. The van der Waals surface area contributed by atoms with Gasteiger partial charge in [-0.1, -0.05) is 6.92 Å². The van der Waals surface area contributed by atoms with E-state index in [4.69, 9.17) is 10.7 Å². The number of nitriles is 1. The zero-order valence-electron chi connectivity index (χ0n) is 20.1. The highest BCUT2D eigenvalue weighted by molar-refractivity contribution is 6.01. The second-order valence-electron chi connectivity index (χ2n) is 9.82. The van der Waals surface area contributed by atoms with Crippen LogP contribution in [0.3, 0.4) is 0 Å². The molecule has 3 aromatic heterocycles. The first kappa shape index (κ1) is 22.8. The SMILES string of the molecule is CC[C@@H]1CN(C(=O)C2(C#N)CC2)C[C@H]1Nc1c(C(N)=O)cnn2cc(-c3cnn(C(C)C)c3)nc12. The van der Waals surface area contributed by atoms with Gasteiger partial charge in [-0.05, 0) is 39.0 Å². The van der Waals surface area contributed by atoms with Crippen molar-refractivity contribution in [3.05, 3.63) is 30.4 Å². The molecule has 3 N–H and O–H groups in total. The van der Waals surface area contributed by atoms with Crippen LogP contribution in [0.15, 0.2) is 24.8 Å². The standard InChI is InChI=1S/C24H29N9O2/c1-4-15-9-31(23(35)24(13-25)5-6-24)11-18(15)29-20-17(21(26)34)8-28-33-12-19(30-22(20)33)16-7-27-32(10-16)14(2)3/h7-8,10,12,14-15,18,29H,4-6,9,11H2,1-3H3,(H2,26,34)/t15-,18-/m1/s1. The third kappa shape index (κ3) is 3.88. The number of aromatic nitrogens is 5. The number of nitrogens with two attached hydrogens (primary N) is 1. The summed E-state index contributed by atoms with van der Waals surface area (Å²) in [6.07, 6.45) is 8.98. The van der Waals surface area contributed by atoms with Gasteiger partial charge in [0, 0.05) is 36.9 Å². The molecule has 1 saturated carbocycles. The molecule has 182 valence electrons. The van der Waals surface area contributed by atoms with Gasteiger partial charge < -0.3 is 16.0 Å². The fraction of sp³-hybridized carbons (Fsp3) is 0.500. The maximum absolute atomic E-state index is 13.0. The lowest BCUT2D eigenvalue weighted by molar-refractivity contribution is -0.134. The number of fused-ring (bicyclic) bond motifs is 1. The van der Waals surface area contributed by atoms with Crippen molar-refractivity contribution in [1.29, 1.82) is 5.26 Å². The maximum Gasteiger partial charge on any atom is 0.252 e. The first-order valence-electron chi connectivity index (χ1n) is 12.0. The molecule has 2 amide bonds. The minimum atomic E-state index is -0.853. The number of rotatable bonds is 7. The highest BCUT2D eigenvalue weighted by atomic mass is 16.2. The van der Waals surface area contributed by atoms with Gasteiger partial charge in [0.05, 0.1) is 41.6 Å². The molecular formula is C24H29N9O2. The van der Waals surface area contributed by atoms with Crippen LogP contribution in [-0.2, 0) is 4.79 Å². The Morgan fingerprint density at radius 2 is 2.03 bits per heavy atom. The lowest BCUT2D eigenvalue weighted by Crippen LogP contribution is -2.36. The molecule has 1 aliphatic heterocycles. The van der Waals surface area contributed by atoms with E-state index in [-0.39, 0.29) is 29.5 Å². The van der Waals surface area contributed by atoms with E-state index in [1.54, 1.807) is 21.8 Å². The van der Waals surface area contributed by atoms with Crippen molar-refractivity contribution in [2.45, 2.75) is 52.1 Å². The average molecular weight is 476 g/mol. The van der Waals surface area contributed by atoms with Crippen LogP contribution in [-0.4, -0.2) is 60.2 Å². The van der Waals surface area contributed by atoms with Gasteiger partial charge >= 0.3 is 0 Å². The first-order valence-corrected chi connectivity index (χ1v) is 12.0. The van der Waals surface area contributed by atoms with E-state index in [1.165, 1.54) is 6.20 Å². The van der Waals surface area contributed by atoms with Crippen LogP contribution >= 0.6 is 0 Å². The molecule has 11 nitrogen and oxygen atoms in total. The van der Waals surface area contributed by atoms with Gasteiger partial charge in [0.15, 0.2) is 5.65 Å². The molecule has 0 unspecified atom stereocenters. The molecule has 0 bridgehead atoms. The van der Waals surface area contributed by atoms with Crippen LogP contribution < -0.4 is 11.1 Å². The zero-order chi connectivity index (χ0) is 24.9. The minimum Gasteiger partial charge on any atom is -0.376 e. The van der Waals surface area contributed by atoms with Crippen LogP contribution in [0.4, 0.5) is 5.69 Å². The lowest BCUT2D eigenvalue weighted by Gasteiger charge is -2.21. The molecule has 2 atom stereocenters. The molecule has 35 heavy (non-hydrogen) atoms. The second-order valence-corrected chi connectivity index (χ2v) is 9.82. The fourth-order valence-corrected chi connectivity index (χ4v) is 4.76. The highest BCUT2D eigenvalue weighted by Crippen LogP contribution is 2.47. The summed E-state index contributed by atoms with van der Waals surface area (Å²) in [5.74, 6) is -0.552. The Morgan fingerprint density at radius 3 is 2.63 bits per heavy atom. The number of carbonyl (C=O) groups excluding carboxylic acids is 2. The highest BCUT2D eigenvalue weighted by Gasteiger charge is 2.54. The van der Waals surface area contributed by atoms with Crippen LogP contribution in [0.25, 0.3) is 16.9 Å². The van der Waals surface area contributed by atoms with Crippen LogP contribution in [0.1, 0.15) is 56.4 Å². The van der Waals surface area contributed by atoms with Gasteiger partial charge in [0.2, 0.25) is 5.91 Å². The molecule has 0 spiro atoms. The summed E-state index contributed by atoms with van der Waals surface area (Å²) in [5.41, 5.74) is 7.56. The van der Waals surface area contributed by atoms with Crippen molar-refractivity contribution in [1.82, 2.24) is 29.3 Å². The van der Waals surface area contributed by atoms with Gasteiger partial charge in [-0.15, -0.1) is 0 Å². The molecule has 1 aliphatic carbocycles. The summed E-state index contributed by atoms with van der Waals surface area (Å²) < 4.78 is 3.47. The largest absolute Gasteiger partial charge is 0.376 e. The average Bonchev–Trinajstić information content (AvgIpc) is 3.19. The molecule has 0 radical (unpaired) electrons. The Labute approximate surface area is 202 Å². The topological polar surface area (TPSA) is 147 Å². The molecule has 2 aliphatic rings. The van der Waals surface area contributed by atoms with Crippen molar-refractivity contribution in [3.63, 3.8) is 0 Å². The van der Waals surface area contributed by atoms with Gasteiger partial charge in [-0.2, -0.15) is 15.5 Å². The predicted octanol–water partition coefficient (Wildman–Crippen LogP) is 2.23. The zero-order valence-corrected chi connectivity index (χ0v) is 20.1. The monoisotopic (exact) mass is 475 g/mol. The van der Waals surface area contributed by atoms with E-state index < -0.39 is 11.3 Å². The number of imidazole rings is 1. The number of nitrogens with zero attached hydrogens (tertiary/aromatic N) is 7. The number of primary amides is 1. The Hall–Kier alpha value is -3.94. The first-order chi connectivity index (χ1) is 16.8. The minimum absolute atomic E-state index is 0.0944. The van der Waals surface area contributed by atoms with Crippen molar-refractivity contribution < 1.29 is 9.59 Å². The number of hydrogen-bond acceptors (Lipinski definition) is 7. The van der Waals surface area contributed by atoms with E-state index in [2.05, 4.69) is 28.5 Å². The summed E-state index contributed by atoms with van der Waals surface area (Å²) in [7, 11) is 0. The Balaban J connectivity index is 1.49. The summed E-state index contributed by atoms with van der Waals surface area (Å²) >= 11 is 0. The number of anilines is 1.